The molecule has 1 amide bonds. The second-order valence-corrected chi connectivity index (χ2v) is 6.18. The summed E-state index contributed by atoms with van der Waals surface area (Å²) in [6.07, 6.45) is 4.21. The molecule has 1 aliphatic rings. The van der Waals surface area contributed by atoms with E-state index in [4.69, 9.17) is 5.73 Å². The molecule has 0 saturated heterocycles. The molecule has 3 heteroatoms. The van der Waals surface area contributed by atoms with E-state index in [0.29, 0.717) is 17.9 Å². The van der Waals surface area contributed by atoms with Crippen LogP contribution in [0.1, 0.15) is 53.4 Å². The normalized spacial score (nSPS) is 17.6. The van der Waals surface area contributed by atoms with Crippen molar-refractivity contribution in [1.29, 1.82) is 0 Å². The van der Waals surface area contributed by atoms with Gasteiger partial charge in [-0.2, -0.15) is 0 Å². The smallest absolute Gasteiger partial charge is 0.239 e. The molecule has 1 saturated carbocycles. The van der Waals surface area contributed by atoms with E-state index in [9.17, 15) is 4.79 Å². The molecule has 1 aliphatic carbocycles. The number of rotatable bonds is 7. The van der Waals surface area contributed by atoms with Crippen LogP contribution >= 0.6 is 0 Å². The van der Waals surface area contributed by atoms with Gasteiger partial charge in [0.25, 0.3) is 0 Å². The predicted molar refractivity (Wildman–Crippen MR) is 71.6 cm³/mol. The molecule has 1 unspecified atom stereocenters. The molecule has 0 aromatic rings. The van der Waals surface area contributed by atoms with Crippen LogP contribution in [0.2, 0.25) is 0 Å². The van der Waals surface area contributed by atoms with Crippen LogP contribution in [0.5, 0.6) is 0 Å². The first kappa shape index (κ1) is 14.5. The topological polar surface area (TPSA) is 46.3 Å². The summed E-state index contributed by atoms with van der Waals surface area (Å²) in [4.78, 5) is 14.3. The second kappa shape index (κ2) is 6.39. The summed E-state index contributed by atoms with van der Waals surface area (Å²) in [5, 5.41) is 0. The maximum atomic E-state index is 12.3. The third-order valence-electron chi connectivity index (χ3n) is 3.26. The van der Waals surface area contributed by atoms with Gasteiger partial charge in [0.05, 0.1) is 6.04 Å². The quantitative estimate of drug-likeness (QED) is 0.742. The van der Waals surface area contributed by atoms with Crippen LogP contribution in [0, 0.1) is 11.8 Å². The first-order valence-corrected chi connectivity index (χ1v) is 6.97. The highest BCUT2D eigenvalue weighted by Crippen LogP contribution is 2.28. The van der Waals surface area contributed by atoms with Crippen molar-refractivity contribution in [1.82, 2.24) is 4.90 Å². The third-order valence-corrected chi connectivity index (χ3v) is 3.26. The SMILES string of the molecule is CC(C)CCN(C(=O)C(N)CC(C)C)C1CC1. The molecule has 100 valence electrons. The van der Waals surface area contributed by atoms with Crippen LogP contribution in [-0.2, 0) is 4.79 Å². The van der Waals surface area contributed by atoms with Crippen LogP contribution in [0.25, 0.3) is 0 Å². The molecule has 17 heavy (non-hydrogen) atoms. The van der Waals surface area contributed by atoms with Crippen molar-refractivity contribution in [3.05, 3.63) is 0 Å². The second-order valence-electron chi connectivity index (χ2n) is 6.18. The molecule has 0 aromatic carbocycles. The highest BCUT2D eigenvalue weighted by molar-refractivity contribution is 5.82. The third kappa shape index (κ3) is 5.07. The van der Waals surface area contributed by atoms with Crippen molar-refractivity contribution >= 4 is 5.91 Å². The van der Waals surface area contributed by atoms with Gasteiger partial charge in [-0.1, -0.05) is 27.7 Å². The van der Waals surface area contributed by atoms with Crippen molar-refractivity contribution in [3.63, 3.8) is 0 Å². The molecule has 0 bridgehead atoms. The fraction of sp³-hybridized carbons (Fsp3) is 0.929. The van der Waals surface area contributed by atoms with Crippen molar-refractivity contribution in [2.45, 2.75) is 65.5 Å². The lowest BCUT2D eigenvalue weighted by atomic mass is 10.0. The molecule has 1 rings (SSSR count). The molecule has 2 N–H and O–H groups in total. The lowest BCUT2D eigenvalue weighted by molar-refractivity contribution is -0.133. The number of carbonyl (C=O) groups is 1. The number of hydrogen-bond acceptors (Lipinski definition) is 2. The van der Waals surface area contributed by atoms with E-state index < -0.39 is 0 Å². The fourth-order valence-electron chi connectivity index (χ4n) is 2.08. The zero-order valence-electron chi connectivity index (χ0n) is 11.8. The highest BCUT2D eigenvalue weighted by Gasteiger charge is 2.34. The number of nitrogens with zero attached hydrogens (tertiary/aromatic N) is 1. The summed E-state index contributed by atoms with van der Waals surface area (Å²) in [7, 11) is 0. The Morgan fingerprint density at radius 1 is 1.24 bits per heavy atom. The van der Waals surface area contributed by atoms with Crippen molar-refractivity contribution < 1.29 is 4.79 Å². The minimum absolute atomic E-state index is 0.168. The number of nitrogens with two attached hydrogens (primary N) is 1. The number of carbonyl (C=O) groups excluding carboxylic acids is 1. The highest BCUT2D eigenvalue weighted by atomic mass is 16.2. The van der Waals surface area contributed by atoms with E-state index in [0.717, 1.165) is 32.2 Å². The summed E-state index contributed by atoms with van der Waals surface area (Å²) >= 11 is 0. The van der Waals surface area contributed by atoms with Gasteiger partial charge in [-0.05, 0) is 37.5 Å². The van der Waals surface area contributed by atoms with E-state index in [1.165, 1.54) is 0 Å². The maximum Gasteiger partial charge on any atom is 0.239 e. The summed E-state index contributed by atoms with van der Waals surface area (Å²) < 4.78 is 0. The zero-order valence-corrected chi connectivity index (χ0v) is 11.8. The average molecular weight is 240 g/mol. The van der Waals surface area contributed by atoms with Crippen molar-refractivity contribution in [2.24, 2.45) is 17.6 Å². The lowest BCUT2D eigenvalue weighted by Gasteiger charge is -2.27. The minimum Gasteiger partial charge on any atom is -0.338 e. The van der Waals surface area contributed by atoms with E-state index in [-0.39, 0.29) is 11.9 Å². The van der Waals surface area contributed by atoms with E-state index in [1.807, 2.05) is 4.90 Å². The molecule has 0 aromatic heterocycles. The molecule has 0 radical (unpaired) electrons. The van der Waals surface area contributed by atoms with Crippen LogP contribution in [0.15, 0.2) is 0 Å². The van der Waals surface area contributed by atoms with E-state index in [2.05, 4.69) is 27.7 Å². The predicted octanol–water partition coefficient (Wildman–Crippen LogP) is 2.40. The van der Waals surface area contributed by atoms with Gasteiger partial charge in [-0.25, -0.2) is 0 Å². The van der Waals surface area contributed by atoms with Crippen LogP contribution in [0.4, 0.5) is 0 Å². The minimum atomic E-state index is -0.303. The van der Waals surface area contributed by atoms with Crippen LogP contribution in [0.3, 0.4) is 0 Å². The zero-order chi connectivity index (χ0) is 13.0. The monoisotopic (exact) mass is 240 g/mol. The lowest BCUT2D eigenvalue weighted by Crippen LogP contribution is -2.46. The molecule has 1 fully saturated rings. The first-order chi connectivity index (χ1) is 7.91. The van der Waals surface area contributed by atoms with Gasteiger partial charge >= 0.3 is 0 Å². The Kier molecular flexibility index (Phi) is 5.44. The van der Waals surface area contributed by atoms with Gasteiger partial charge in [0.15, 0.2) is 0 Å². The summed E-state index contributed by atoms with van der Waals surface area (Å²) in [6, 6.07) is 0.183. The van der Waals surface area contributed by atoms with Crippen LogP contribution < -0.4 is 5.73 Å². The number of amides is 1. The molecule has 0 aliphatic heterocycles. The Hall–Kier alpha value is -0.570. The fourth-order valence-corrected chi connectivity index (χ4v) is 2.08. The van der Waals surface area contributed by atoms with Gasteiger partial charge in [0.2, 0.25) is 5.91 Å². The molecular weight excluding hydrogens is 212 g/mol. The van der Waals surface area contributed by atoms with Gasteiger partial charge in [0.1, 0.15) is 0 Å². The Morgan fingerprint density at radius 2 is 1.82 bits per heavy atom. The van der Waals surface area contributed by atoms with Gasteiger partial charge in [-0.3, -0.25) is 4.79 Å². The Bertz CT molecular complexity index is 247. The van der Waals surface area contributed by atoms with Gasteiger partial charge in [-0.15, -0.1) is 0 Å². The number of hydrogen-bond donors (Lipinski definition) is 1. The Balaban J connectivity index is 2.48. The largest absolute Gasteiger partial charge is 0.338 e. The molecule has 1 atom stereocenters. The van der Waals surface area contributed by atoms with Crippen LogP contribution in [-0.4, -0.2) is 29.4 Å². The summed E-state index contributed by atoms with van der Waals surface area (Å²) in [6.45, 7) is 9.51. The Labute approximate surface area is 106 Å². The standard InChI is InChI=1S/C14H28N2O/c1-10(2)7-8-16(12-5-6-12)14(17)13(15)9-11(3)4/h10-13H,5-9,15H2,1-4H3. The van der Waals surface area contributed by atoms with E-state index >= 15 is 0 Å². The molecule has 0 spiro atoms. The average Bonchev–Trinajstić information content (AvgIpc) is 3.00. The molecule has 3 nitrogen and oxygen atoms in total. The maximum absolute atomic E-state index is 12.3. The first-order valence-electron chi connectivity index (χ1n) is 6.97. The van der Waals surface area contributed by atoms with Gasteiger partial charge < -0.3 is 10.6 Å². The van der Waals surface area contributed by atoms with E-state index in [1.54, 1.807) is 0 Å². The summed E-state index contributed by atoms with van der Waals surface area (Å²) in [5.41, 5.74) is 6.00. The summed E-state index contributed by atoms with van der Waals surface area (Å²) in [5.74, 6) is 1.30. The Morgan fingerprint density at radius 3 is 2.24 bits per heavy atom. The molecule has 0 heterocycles. The molecular formula is C14H28N2O. The van der Waals surface area contributed by atoms with Crippen molar-refractivity contribution in [3.8, 4) is 0 Å². The van der Waals surface area contributed by atoms with Gasteiger partial charge in [0, 0.05) is 12.6 Å². The van der Waals surface area contributed by atoms with Crippen molar-refractivity contribution in [2.75, 3.05) is 6.54 Å².